The molecule has 0 saturated carbocycles. The first-order valence-corrected chi connectivity index (χ1v) is 9.85. The lowest BCUT2D eigenvalue weighted by molar-refractivity contribution is 0.0770. The van der Waals surface area contributed by atoms with Crippen molar-refractivity contribution >= 4 is 12.4 Å². The maximum absolute atomic E-state index is 5.99. The number of aryl methyl sites for hydroxylation is 1. The fraction of sp³-hybridized carbons (Fsp3) is 0.478. The fourth-order valence-corrected chi connectivity index (χ4v) is 2.64. The van der Waals surface area contributed by atoms with Crippen LogP contribution in [-0.2, 0) is 17.9 Å². The molecule has 28 heavy (non-hydrogen) atoms. The van der Waals surface area contributed by atoms with Crippen LogP contribution in [0, 0.1) is 6.92 Å². The fourth-order valence-electron chi connectivity index (χ4n) is 2.64. The highest BCUT2D eigenvalue weighted by atomic mass is 35.5. The topological polar surface area (TPSA) is 39.7 Å². The average Bonchev–Trinajstić information content (AvgIpc) is 2.65. The normalized spacial score (nSPS) is 10.6. The van der Waals surface area contributed by atoms with Gasteiger partial charge in [-0.25, -0.2) is 0 Å². The van der Waals surface area contributed by atoms with Crippen molar-refractivity contribution in [1.82, 2.24) is 5.32 Å². The molecule has 0 aromatic heterocycles. The van der Waals surface area contributed by atoms with Crippen LogP contribution in [0.3, 0.4) is 0 Å². The molecule has 1 N–H and O–H groups in total. The van der Waals surface area contributed by atoms with Crippen LogP contribution in [0.2, 0.25) is 0 Å². The summed E-state index contributed by atoms with van der Waals surface area (Å²) in [5, 5.41) is 3.45. The van der Waals surface area contributed by atoms with E-state index in [2.05, 4.69) is 62.5 Å². The molecule has 5 heteroatoms. The van der Waals surface area contributed by atoms with Crippen LogP contribution in [0.4, 0.5) is 0 Å². The summed E-state index contributed by atoms with van der Waals surface area (Å²) >= 11 is 0. The van der Waals surface area contributed by atoms with Crippen LogP contribution >= 0.6 is 12.4 Å². The van der Waals surface area contributed by atoms with Crippen molar-refractivity contribution < 1.29 is 14.2 Å². The molecule has 0 bridgehead atoms. The second-order valence-corrected chi connectivity index (χ2v) is 6.94. The van der Waals surface area contributed by atoms with Crippen molar-refractivity contribution in [3.05, 3.63) is 59.2 Å². The number of hydrogen-bond donors (Lipinski definition) is 1. The molecule has 0 unspecified atom stereocenters. The third kappa shape index (κ3) is 8.96. The predicted molar refractivity (Wildman–Crippen MR) is 118 cm³/mol. The van der Waals surface area contributed by atoms with Gasteiger partial charge in [-0.3, -0.25) is 0 Å². The number of rotatable bonds is 12. The highest BCUT2D eigenvalue weighted by Gasteiger charge is 2.07. The molecule has 2 aromatic rings. The molecular weight excluding hydrogens is 374 g/mol. The molecule has 0 heterocycles. The van der Waals surface area contributed by atoms with Gasteiger partial charge >= 0.3 is 0 Å². The minimum atomic E-state index is 0. The first-order valence-electron chi connectivity index (χ1n) is 9.85. The van der Waals surface area contributed by atoms with E-state index in [0.717, 1.165) is 43.2 Å². The zero-order chi connectivity index (χ0) is 19.5. The van der Waals surface area contributed by atoms with E-state index in [-0.39, 0.29) is 12.4 Å². The van der Waals surface area contributed by atoms with Gasteiger partial charge in [0.1, 0.15) is 6.61 Å². The Labute approximate surface area is 176 Å². The van der Waals surface area contributed by atoms with Gasteiger partial charge in [-0.2, -0.15) is 0 Å². The second kappa shape index (κ2) is 13.4. The van der Waals surface area contributed by atoms with E-state index in [1.807, 2.05) is 13.0 Å². The molecule has 0 fully saturated rings. The quantitative estimate of drug-likeness (QED) is 0.484. The molecule has 156 valence electrons. The van der Waals surface area contributed by atoms with Gasteiger partial charge in [0.2, 0.25) is 0 Å². The van der Waals surface area contributed by atoms with Gasteiger partial charge in [0.05, 0.1) is 12.7 Å². The molecule has 0 aliphatic rings. The zero-order valence-electron chi connectivity index (χ0n) is 17.5. The van der Waals surface area contributed by atoms with E-state index in [4.69, 9.17) is 14.2 Å². The number of nitrogens with one attached hydrogen (secondary N) is 1. The molecule has 4 nitrogen and oxygen atoms in total. The van der Waals surface area contributed by atoms with Crippen molar-refractivity contribution in [2.45, 2.75) is 53.4 Å². The maximum atomic E-state index is 5.99. The van der Waals surface area contributed by atoms with Crippen molar-refractivity contribution in [2.75, 3.05) is 19.8 Å². The smallest absolute Gasteiger partial charge is 0.161 e. The number of benzene rings is 2. The van der Waals surface area contributed by atoms with Gasteiger partial charge in [0.25, 0.3) is 0 Å². The van der Waals surface area contributed by atoms with Crippen LogP contribution < -0.4 is 14.8 Å². The van der Waals surface area contributed by atoms with E-state index < -0.39 is 0 Å². The summed E-state index contributed by atoms with van der Waals surface area (Å²) in [6.07, 6.45) is 1.31. The number of ether oxygens (including phenoxy) is 3. The molecule has 0 spiro atoms. The van der Waals surface area contributed by atoms with E-state index in [9.17, 15) is 0 Å². The summed E-state index contributed by atoms with van der Waals surface area (Å²) in [5.74, 6) is 1.58. The Hall–Kier alpha value is -1.75. The Bertz CT molecular complexity index is 674. The summed E-state index contributed by atoms with van der Waals surface area (Å²) in [5.41, 5.74) is 3.59. The summed E-state index contributed by atoms with van der Waals surface area (Å²) in [6, 6.07) is 14.5. The summed E-state index contributed by atoms with van der Waals surface area (Å²) < 4.78 is 17.3. The van der Waals surface area contributed by atoms with Gasteiger partial charge in [-0.05, 0) is 63.9 Å². The van der Waals surface area contributed by atoms with Crippen LogP contribution in [0.25, 0.3) is 0 Å². The van der Waals surface area contributed by atoms with Gasteiger partial charge in [0, 0.05) is 13.2 Å². The first-order chi connectivity index (χ1) is 13.1. The van der Waals surface area contributed by atoms with Crippen molar-refractivity contribution in [3.8, 4) is 11.5 Å². The predicted octanol–water partition coefficient (Wildman–Crippen LogP) is 5.30. The van der Waals surface area contributed by atoms with Crippen LogP contribution in [0.1, 0.15) is 43.9 Å². The summed E-state index contributed by atoms with van der Waals surface area (Å²) in [7, 11) is 0. The lowest BCUT2D eigenvalue weighted by Crippen LogP contribution is -2.17. The Morgan fingerprint density at radius 3 is 2.32 bits per heavy atom. The molecule has 0 aliphatic carbocycles. The Balaban J connectivity index is 0.00000392. The largest absolute Gasteiger partial charge is 0.490 e. The highest BCUT2D eigenvalue weighted by Crippen LogP contribution is 2.29. The molecule has 0 saturated heterocycles. The molecule has 0 amide bonds. The second-order valence-electron chi connectivity index (χ2n) is 6.94. The van der Waals surface area contributed by atoms with Crippen LogP contribution in [-0.4, -0.2) is 25.9 Å². The third-order valence-electron chi connectivity index (χ3n) is 4.10. The molecule has 0 aliphatic heterocycles. The summed E-state index contributed by atoms with van der Waals surface area (Å²) in [4.78, 5) is 0. The van der Waals surface area contributed by atoms with Gasteiger partial charge in [0.15, 0.2) is 11.5 Å². The average molecular weight is 408 g/mol. The maximum Gasteiger partial charge on any atom is 0.161 e. The van der Waals surface area contributed by atoms with Crippen LogP contribution in [0.15, 0.2) is 42.5 Å². The summed E-state index contributed by atoms with van der Waals surface area (Å²) in [6.45, 7) is 11.9. The zero-order valence-corrected chi connectivity index (χ0v) is 18.3. The first kappa shape index (κ1) is 24.3. The van der Waals surface area contributed by atoms with Gasteiger partial charge in [-0.1, -0.05) is 35.9 Å². The van der Waals surface area contributed by atoms with E-state index >= 15 is 0 Å². The minimum absolute atomic E-state index is 0. The minimum Gasteiger partial charge on any atom is -0.490 e. The Kier molecular flexibility index (Phi) is 11.7. The molecule has 0 atom stereocenters. The molecule has 2 rings (SSSR count). The third-order valence-corrected chi connectivity index (χ3v) is 4.10. The number of hydrogen-bond acceptors (Lipinski definition) is 4. The van der Waals surface area contributed by atoms with Gasteiger partial charge < -0.3 is 19.5 Å². The Morgan fingerprint density at radius 2 is 1.64 bits per heavy atom. The van der Waals surface area contributed by atoms with E-state index in [0.29, 0.717) is 19.3 Å². The Morgan fingerprint density at radius 1 is 0.929 bits per heavy atom. The molecule has 2 aromatic carbocycles. The van der Waals surface area contributed by atoms with Crippen molar-refractivity contribution in [2.24, 2.45) is 0 Å². The lowest BCUT2D eigenvalue weighted by atomic mass is 10.1. The monoisotopic (exact) mass is 407 g/mol. The standard InChI is InChI=1S/C23H33NO3.ClH/c1-5-25-23-15-21(16-24-13-6-14-26-18(2)3)11-12-22(23)27-17-20-9-7-19(4)8-10-20;/h7-12,15,18,24H,5-6,13-14,16-17H2,1-4H3;1H. The molecular formula is C23H34ClNO3. The number of halogens is 1. The SMILES string of the molecule is CCOc1cc(CNCCCOC(C)C)ccc1OCc1ccc(C)cc1.Cl. The van der Waals surface area contributed by atoms with Crippen molar-refractivity contribution in [1.29, 1.82) is 0 Å². The van der Waals surface area contributed by atoms with Crippen LogP contribution in [0.5, 0.6) is 11.5 Å². The van der Waals surface area contributed by atoms with Gasteiger partial charge in [-0.15, -0.1) is 12.4 Å². The van der Waals surface area contributed by atoms with E-state index in [1.54, 1.807) is 0 Å². The van der Waals surface area contributed by atoms with E-state index in [1.165, 1.54) is 11.1 Å². The lowest BCUT2D eigenvalue weighted by Gasteiger charge is -2.14. The van der Waals surface area contributed by atoms with Crippen molar-refractivity contribution in [3.63, 3.8) is 0 Å². The highest BCUT2D eigenvalue weighted by molar-refractivity contribution is 5.85. The molecule has 0 radical (unpaired) electrons.